The lowest BCUT2D eigenvalue weighted by atomic mass is 10.2. The number of para-hydroxylation sites is 1. The van der Waals surface area contributed by atoms with E-state index in [0.717, 1.165) is 25.8 Å². The number of benzene rings is 1. The predicted molar refractivity (Wildman–Crippen MR) is 79.9 cm³/mol. The van der Waals surface area contributed by atoms with Gasteiger partial charge in [0.05, 0.1) is 18.7 Å². The molecule has 0 spiro atoms. The first-order valence-electron chi connectivity index (χ1n) is 7.29. The maximum atomic E-state index is 11.6. The molecule has 2 rings (SSSR count). The molecule has 0 radical (unpaired) electrons. The first kappa shape index (κ1) is 15.3. The number of rotatable bonds is 8. The van der Waals surface area contributed by atoms with E-state index in [0.29, 0.717) is 30.5 Å². The van der Waals surface area contributed by atoms with Gasteiger partial charge >= 0.3 is 0 Å². The molecule has 112 valence electrons. The fourth-order valence-electron chi connectivity index (χ4n) is 2.03. The lowest BCUT2D eigenvalue weighted by Gasteiger charge is -2.16. The van der Waals surface area contributed by atoms with Crippen LogP contribution in [0.2, 0.25) is 0 Å². The molecule has 1 aliphatic rings. The molecule has 21 heavy (non-hydrogen) atoms. The minimum atomic E-state index is 0.0933. The van der Waals surface area contributed by atoms with Crippen molar-refractivity contribution < 1.29 is 9.53 Å². The average Bonchev–Trinajstić information content (AvgIpc) is 3.27. The number of likely N-dealkylation sites (N-methyl/N-ethyl adjacent to an activating group) is 1. The summed E-state index contributed by atoms with van der Waals surface area (Å²) in [7, 11) is 1.93. The third-order valence-corrected chi connectivity index (χ3v) is 3.31. The van der Waals surface area contributed by atoms with E-state index in [4.69, 9.17) is 10.00 Å². The van der Waals surface area contributed by atoms with Crippen LogP contribution in [0.1, 0.15) is 24.8 Å². The Labute approximate surface area is 125 Å². The summed E-state index contributed by atoms with van der Waals surface area (Å²) in [5, 5.41) is 11.9. The quantitative estimate of drug-likeness (QED) is 0.737. The van der Waals surface area contributed by atoms with Gasteiger partial charge in [0, 0.05) is 12.6 Å². The average molecular weight is 287 g/mol. The molecule has 5 nitrogen and oxygen atoms in total. The predicted octanol–water partition coefficient (Wildman–Crippen LogP) is 1.54. The van der Waals surface area contributed by atoms with Crippen molar-refractivity contribution in [2.45, 2.75) is 25.3 Å². The molecular formula is C16H21N3O2. The van der Waals surface area contributed by atoms with Crippen LogP contribution >= 0.6 is 0 Å². The molecule has 1 fully saturated rings. The Morgan fingerprint density at radius 2 is 2.24 bits per heavy atom. The number of hydrogen-bond donors (Lipinski definition) is 1. The Bertz CT molecular complexity index is 520. The van der Waals surface area contributed by atoms with E-state index >= 15 is 0 Å². The second-order valence-corrected chi connectivity index (χ2v) is 5.39. The van der Waals surface area contributed by atoms with Crippen LogP contribution in [0.3, 0.4) is 0 Å². The van der Waals surface area contributed by atoms with Gasteiger partial charge in [0.15, 0.2) is 0 Å². The highest BCUT2D eigenvalue weighted by molar-refractivity contribution is 5.78. The van der Waals surface area contributed by atoms with E-state index in [2.05, 4.69) is 11.4 Å². The van der Waals surface area contributed by atoms with E-state index in [1.807, 2.05) is 24.1 Å². The molecule has 1 amide bonds. The molecule has 1 N–H and O–H groups in total. The zero-order valence-electron chi connectivity index (χ0n) is 12.3. The SMILES string of the molecule is CN(CCCOc1ccccc1C#N)CC(=O)NC1CC1. The lowest BCUT2D eigenvalue weighted by molar-refractivity contribution is -0.122. The Morgan fingerprint density at radius 3 is 2.95 bits per heavy atom. The smallest absolute Gasteiger partial charge is 0.234 e. The standard InChI is InChI=1S/C16H21N3O2/c1-19(12-16(20)18-14-7-8-14)9-4-10-21-15-6-3-2-5-13(15)11-17/h2-3,5-6,14H,4,7-10,12H2,1H3,(H,18,20). The molecule has 0 atom stereocenters. The van der Waals surface area contributed by atoms with Crippen LogP contribution in [0.4, 0.5) is 0 Å². The van der Waals surface area contributed by atoms with Crippen LogP contribution in [-0.2, 0) is 4.79 Å². The maximum Gasteiger partial charge on any atom is 0.234 e. The number of carbonyl (C=O) groups is 1. The highest BCUT2D eigenvalue weighted by Crippen LogP contribution is 2.18. The van der Waals surface area contributed by atoms with E-state index in [9.17, 15) is 4.79 Å². The van der Waals surface area contributed by atoms with E-state index in [1.54, 1.807) is 12.1 Å². The Hall–Kier alpha value is -2.06. The Morgan fingerprint density at radius 1 is 1.48 bits per heavy atom. The van der Waals surface area contributed by atoms with Crippen LogP contribution in [0.5, 0.6) is 5.75 Å². The largest absolute Gasteiger partial charge is 0.492 e. The van der Waals surface area contributed by atoms with Gasteiger partial charge in [0.2, 0.25) is 5.91 Å². The summed E-state index contributed by atoms with van der Waals surface area (Å²) in [6.45, 7) is 1.74. The van der Waals surface area contributed by atoms with Gasteiger partial charge in [-0.2, -0.15) is 5.26 Å². The van der Waals surface area contributed by atoms with Gasteiger partial charge in [-0.25, -0.2) is 0 Å². The van der Waals surface area contributed by atoms with Crippen molar-refractivity contribution in [1.29, 1.82) is 5.26 Å². The summed E-state index contributed by atoms with van der Waals surface area (Å²) in [6, 6.07) is 9.73. The molecule has 1 aromatic rings. The second kappa shape index (κ2) is 7.65. The molecule has 0 aromatic heterocycles. The summed E-state index contributed by atoms with van der Waals surface area (Å²) >= 11 is 0. The van der Waals surface area contributed by atoms with Crippen LogP contribution in [0.15, 0.2) is 24.3 Å². The van der Waals surface area contributed by atoms with Crippen LogP contribution in [0.25, 0.3) is 0 Å². The lowest BCUT2D eigenvalue weighted by Crippen LogP contribution is -2.36. The topological polar surface area (TPSA) is 65.4 Å². The summed E-state index contributed by atoms with van der Waals surface area (Å²) in [6.07, 6.45) is 3.04. The third kappa shape index (κ3) is 5.44. The van der Waals surface area contributed by atoms with Gasteiger partial charge in [0.25, 0.3) is 0 Å². The van der Waals surface area contributed by atoms with Crippen molar-refractivity contribution in [2.75, 3.05) is 26.7 Å². The molecule has 5 heteroatoms. The summed E-state index contributed by atoms with van der Waals surface area (Å²) in [5.41, 5.74) is 0.551. The third-order valence-electron chi connectivity index (χ3n) is 3.31. The van der Waals surface area contributed by atoms with Crippen LogP contribution < -0.4 is 10.1 Å². The monoisotopic (exact) mass is 287 g/mol. The number of nitrogens with one attached hydrogen (secondary N) is 1. The molecule has 0 heterocycles. The molecule has 0 saturated heterocycles. The molecular weight excluding hydrogens is 266 g/mol. The zero-order chi connectivity index (χ0) is 15.1. The summed E-state index contributed by atoms with van der Waals surface area (Å²) < 4.78 is 5.61. The van der Waals surface area contributed by atoms with Crippen molar-refractivity contribution in [2.24, 2.45) is 0 Å². The number of nitriles is 1. The van der Waals surface area contributed by atoms with Crippen LogP contribution in [-0.4, -0.2) is 43.6 Å². The van der Waals surface area contributed by atoms with Gasteiger partial charge in [-0.1, -0.05) is 12.1 Å². The molecule has 0 unspecified atom stereocenters. The maximum absolute atomic E-state index is 11.6. The van der Waals surface area contributed by atoms with E-state index in [1.165, 1.54) is 0 Å². The highest BCUT2D eigenvalue weighted by Gasteiger charge is 2.23. The number of nitrogens with zero attached hydrogens (tertiary/aromatic N) is 2. The first-order valence-corrected chi connectivity index (χ1v) is 7.29. The number of amides is 1. The number of ether oxygens (including phenoxy) is 1. The molecule has 1 aromatic carbocycles. The highest BCUT2D eigenvalue weighted by atomic mass is 16.5. The van der Waals surface area contributed by atoms with Crippen LogP contribution in [0, 0.1) is 11.3 Å². The Kier molecular flexibility index (Phi) is 5.59. The van der Waals surface area contributed by atoms with Gasteiger partial charge in [0.1, 0.15) is 11.8 Å². The van der Waals surface area contributed by atoms with Crippen molar-refractivity contribution in [1.82, 2.24) is 10.2 Å². The minimum Gasteiger partial charge on any atom is -0.492 e. The van der Waals surface area contributed by atoms with E-state index < -0.39 is 0 Å². The molecule has 0 bridgehead atoms. The molecule has 1 aliphatic carbocycles. The second-order valence-electron chi connectivity index (χ2n) is 5.39. The van der Waals surface area contributed by atoms with Crippen molar-refractivity contribution >= 4 is 5.91 Å². The molecule has 1 saturated carbocycles. The minimum absolute atomic E-state index is 0.0933. The summed E-state index contributed by atoms with van der Waals surface area (Å²) in [5.74, 6) is 0.713. The fourth-order valence-corrected chi connectivity index (χ4v) is 2.03. The fraction of sp³-hybridized carbons (Fsp3) is 0.500. The van der Waals surface area contributed by atoms with Gasteiger partial charge in [-0.05, 0) is 38.4 Å². The van der Waals surface area contributed by atoms with Gasteiger partial charge in [-0.15, -0.1) is 0 Å². The van der Waals surface area contributed by atoms with Crippen molar-refractivity contribution in [3.05, 3.63) is 29.8 Å². The number of carbonyl (C=O) groups excluding carboxylic acids is 1. The normalized spacial score (nSPS) is 13.8. The van der Waals surface area contributed by atoms with Crippen molar-refractivity contribution in [3.8, 4) is 11.8 Å². The zero-order valence-corrected chi connectivity index (χ0v) is 12.3. The van der Waals surface area contributed by atoms with E-state index in [-0.39, 0.29) is 5.91 Å². The van der Waals surface area contributed by atoms with Gasteiger partial charge in [-0.3, -0.25) is 9.69 Å². The van der Waals surface area contributed by atoms with Crippen molar-refractivity contribution in [3.63, 3.8) is 0 Å². The summed E-state index contributed by atoms with van der Waals surface area (Å²) in [4.78, 5) is 13.6. The number of hydrogen-bond acceptors (Lipinski definition) is 4. The van der Waals surface area contributed by atoms with Gasteiger partial charge < -0.3 is 10.1 Å². The first-order chi connectivity index (χ1) is 10.2. The Balaban J connectivity index is 1.62. The molecule has 0 aliphatic heterocycles.